The van der Waals surface area contributed by atoms with Crippen molar-refractivity contribution < 1.29 is 19.2 Å². The molecular formula is C16H21ClN2O5. The lowest BCUT2D eigenvalue weighted by Crippen LogP contribution is -2.29. The maximum atomic E-state index is 12.3. The van der Waals surface area contributed by atoms with Crippen LogP contribution in [-0.2, 0) is 9.53 Å². The molecule has 0 aliphatic heterocycles. The highest BCUT2D eigenvalue weighted by Crippen LogP contribution is 2.23. The number of carbonyl (C=O) groups is 2. The summed E-state index contributed by atoms with van der Waals surface area (Å²) >= 11 is 5.95. The van der Waals surface area contributed by atoms with Crippen molar-refractivity contribution in [1.82, 2.24) is 4.90 Å². The summed E-state index contributed by atoms with van der Waals surface area (Å²) < 4.78 is 5.19. The van der Waals surface area contributed by atoms with E-state index in [1.165, 1.54) is 17.0 Å². The monoisotopic (exact) mass is 356 g/mol. The van der Waals surface area contributed by atoms with E-state index in [2.05, 4.69) is 0 Å². The minimum atomic E-state index is -0.588. The summed E-state index contributed by atoms with van der Waals surface area (Å²) in [4.78, 5) is 35.6. The van der Waals surface area contributed by atoms with Gasteiger partial charge in [0.2, 0.25) is 0 Å². The number of ether oxygens (including phenoxy) is 1. The Bertz CT molecular complexity index is 640. The second-order valence-electron chi connectivity index (χ2n) is 6.34. The predicted molar refractivity (Wildman–Crippen MR) is 90.1 cm³/mol. The maximum Gasteiger partial charge on any atom is 0.306 e. The molecule has 0 spiro atoms. The number of amides is 1. The normalized spacial score (nSPS) is 11.0. The Hall–Kier alpha value is -2.15. The van der Waals surface area contributed by atoms with Crippen molar-refractivity contribution in [1.29, 1.82) is 0 Å². The first kappa shape index (κ1) is 19.9. The first-order valence-corrected chi connectivity index (χ1v) is 7.80. The summed E-state index contributed by atoms with van der Waals surface area (Å²) in [5, 5.41) is 10.9. The van der Waals surface area contributed by atoms with E-state index in [4.69, 9.17) is 16.3 Å². The molecule has 1 aromatic rings. The van der Waals surface area contributed by atoms with E-state index in [0.29, 0.717) is 13.0 Å². The SMILES string of the molecule is CN(CCCC(=O)OC(C)(C)C)C(=O)c1cc([N+](=O)[O-])ccc1Cl. The molecule has 0 saturated carbocycles. The molecule has 0 bridgehead atoms. The molecule has 0 N–H and O–H groups in total. The van der Waals surface area contributed by atoms with Crippen molar-refractivity contribution in [3.63, 3.8) is 0 Å². The molecule has 0 atom stereocenters. The molecule has 0 saturated heterocycles. The lowest BCUT2D eigenvalue weighted by molar-refractivity contribution is -0.384. The zero-order valence-corrected chi connectivity index (χ0v) is 14.9. The number of esters is 1. The molecule has 0 aromatic heterocycles. The minimum absolute atomic E-state index is 0.0608. The molecule has 0 radical (unpaired) electrons. The van der Waals surface area contributed by atoms with E-state index in [9.17, 15) is 19.7 Å². The number of non-ortho nitro benzene ring substituents is 1. The number of hydrogen-bond donors (Lipinski definition) is 0. The molecule has 132 valence electrons. The van der Waals surface area contributed by atoms with Crippen LogP contribution in [0.2, 0.25) is 5.02 Å². The van der Waals surface area contributed by atoms with Crippen molar-refractivity contribution in [3.8, 4) is 0 Å². The van der Waals surface area contributed by atoms with Crippen LogP contribution < -0.4 is 0 Å². The van der Waals surface area contributed by atoms with Crippen LogP contribution in [-0.4, -0.2) is 40.9 Å². The van der Waals surface area contributed by atoms with Gasteiger partial charge in [-0.3, -0.25) is 19.7 Å². The van der Waals surface area contributed by atoms with Gasteiger partial charge in [-0.15, -0.1) is 0 Å². The standard InChI is InChI=1S/C16H21ClN2O5/c1-16(2,3)24-14(20)6-5-9-18(4)15(21)12-10-11(19(22)23)7-8-13(12)17/h7-8,10H,5-6,9H2,1-4H3. The van der Waals surface area contributed by atoms with E-state index in [0.717, 1.165) is 6.07 Å². The molecule has 0 heterocycles. The quantitative estimate of drug-likeness (QED) is 0.442. The fourth-order valence-electron chi connectivity index (χ4n) is 1.95. The van der Waals surface area contributed by atoms with Crippen LogP contribution in [0.25, 0.3) is 0 Å². The predicted octanol–water partition coefficient (Wildman–Crippen LogP) is 3.44. The number of rotatable bonds is 6. The van der Waals surface area contributed by atoms with Gasteiger partial charge in [-0.05, 0) is 33.3 Å². The first-order valence-electron chi connectivity index (χ1n) is 7.42. The lowest BCUT2D eigenvalue weighted by atomic mass is 10.1. The largest absolute Gasteiger partial charge is 0.460 e. The number of nitro groups is 1. The third-order valence-corrected chi connectivity index (χ3v) is 3.36. The average Bonchev–Trinajstić information content (AvgIpc) is 2.44. The molecule has 0 aliphatic carbocycles. The Labute approximate surface area is 145 Å². The van der Waals surface area contributed by atoms with Gasteiger partial charge in [0.05, 0.1) is 15.5 Å². The molecule has 0 fully saturated rings. The molecule has 0 aliphatic rings. The second-order valence-corrected chi connectivity index (χ2v) is 6.75. The van der Waals surface area contributed by atoms with Crippen molar-refractivity contribution in [2.45, 2.75) is 39.2 Å². The van der Waals surface area contributed by atoms with Crippen LogP contribution in [0.4, 0.5) is 5.69 Å². The smallest absolute Gasteiger partial charge is 0.306 e. The zero-order valence-electron chi connectivity index (χ0n) is 14.2. The van der Waals surface area contributed by atoms with Crippen molar-refractivity contribution in [3.05, 3.63) is 38.9 Å². The third-order valence-electron chi connectivity index (χ3n) is 3.03. The topological polar surface area (TPSA) is 89.8 Å². The fraction of sp³-hybridized carbons (Fsp3) is 0.500. The molecule has 8 heteroatoms. The molecular weight excluding hydrogens is 336 g/mol. The van der Waals surface area contributed by atoms with Crippen LogP contribution in [0.5, 0.6) is 0 Å². The number of benzene rings is 1. The van der Waals surface area contributed by atoms with Gasteiger partial charge in [0.25, 0.3) is 11.6 Å². The van der Waals surface area contributed by atoms with Gasteiger partial charge in [-0.2, -0.15) is 0 Å². The van der Waals surface area contributed by atoms with Crippen LogP contribution in [0.1, 0.15) is 44.0 Å². The average molecular weight is 357 g/mol. The molecule has 1 amide bonds. The van der Waals surface area contributed by atoms with Gasteiger partial charge in [0.15, 0.2) is 0 Å². The zero-order chi connectivity index (χ0) is 18.5. The fourth-order valence-corrected chi connectivity index (χ4v) is 2.15. The van der Waals surface area contributed by atoms with E-state index in [1.54, 1.807) is 27.8 Å². The van der Waals surface area contributed by atoms with Gasteiger partial charge in [0.1, 0.15) is 5.60 Å². The summed E-state index contributed by atoms with van der Waals surface area (Å²) in [7, 11) is 1.55. The van der Waals surface area contributed by atoms with Crippen LogP contribution in [0, 0.1) is 10.1 Å². The summed E-state index contributed by atoms with van der Waals surface area (Å²) in [5.74, 6) is -0.774. The van der Waals surface area contributed by atoms with Gasteiger partial charge >= 0.3 is 5.97 Å². The van der Waals surface area contributed by atoms with Gasteiger partial charge in [0, 0.05) is 32.1 Å². The molecule has 0 unspecified atom stereocenters. The summed E-state index contributed by atoms with van der Waals surface area (Å²) in [5.41, 5.74) is -0.689. The minimum Gasteiger partial charge on any atom is -0.460 e. The van der Waals surface area contributed by atoms with E-state index >= 15 is 0 Å². The number of nitro benzene ring substituents is 1. The number of nitrogens with zero attached hydrogens (tertiary/aromatic N) is 2. The Balaban J connectivity index is 2.64. The third kappa shape index (κ3) is 6.16. The van der Waals surface area contributed by atoms with Crippen LogP contribution in [0.15, 0.2) is 18.2 Å². The number of halogens is 1. The lowest BCUT2D eigenvalue weighted by Gasteiger charge is -2.20. The van der Waals surface area contributed by atoms with E-state index in [1.807, 2.05) is 0 Å². The van der Waals surface area contributed by atoms with E-state index < -0.39 is 16.4 Å². The van der Waals surface area contributed by atoms with E-state index in [-0.39, 0.29) is 28.7 Å². The van der Waals surface area contributed by atoms with Crippen LogP contribution in [0.3, 0.4) is 0 Å². The van der Waals surface area contributed by atoms with Gasteiger partial charge in [-0.25, -0.2) is 0 Å². The summed E-state index contributed by atoms with van der Waals surface area (Å²) in [6, 6.07) is 3.71. The van der Waals surface area contributed by atoms with Crippen molar-refractivity contribution >= 4 is 29.2 Å². The Morgan fingerprint density at radius 3 is 2.50 bits per heavy atom. The Kier molecular flexibility index (Phi) is 6.71. The van der Waals surface area contributed by atoms with Crippen LogP contribution >= 0.6 is 11.6 Å². The first-order chi connectivity index (χ1) is 11.0. The molecule has 24 heavy (non-hydrogen) atoms. The highest BCUT2D eigenvalue weighted by atomic mass is 35.5. The van der Waals surface area contributed by atoms with Crippen molar-refractivity contribution in [2.24, 2.45) is 0 Å². The second kappa shape index (κ2) is 8.10. The number of hydrogen-bond acceptors (Lipinski definition) is 5. The molecule has 1 aromatic carbocycles. The Morgan fingerprint density at radius 1 is 1.33 bits per heavy atom. The summed E-state index contributed by atoms with van der Waals surface area (Å²) in [6.45, 7) is 5.65. The van der Waals surface area contributed by atoms with Gasteiger partial charge < -0.3 is 9.64 Å². The number of carbonyl (C=O) groups excluding carboxylic acids is 2. The maximum absolute atomic E-state index is 12.3. The summed E-state index contributed by atoms with van der Waals surface area (Å²) in [6.07, 6.45) is 0.598. The highest BCUT2D eigenvalue weighted by molar-refractivity contribution is 6.33. The molecule has 7 nitrogen and oxygen atoms in total. The molecule has 1 rings (SSSR count). The Morgan fingerprint density at radius 2 is 1.96 bits per heavy atom. The van der Waals surface area contributed by atoms with Gasteiger partial charge in [-0.1, -0.05) is 11.6 Å². The van der Waals surface area contributed by atoms with Crippen molar-refractivity contribution in [2.75, 3.05) is 13.6 Å². The highest BCUT2D eigenvalue weighted by Gasteiger charge is 2.20.